The maximum absolute atomic E-state index is 0. The van der Waals surface area contributed by atoms with Gasteiger partial charge >= 0.3 is 88.0 Å². The minimum absolute atomic E-state index is 0. The number of rotatable bonds is 0. The van der Waals surface area contributed by atoms with Gasteiger partial charge in [-0.3, -0.25) is 0 Å². The Morgan fingerprint density at radius 3 is 0.138 bits per heavy atom. The number of hydrogen-bond acceptors (Lipinski definition) is 0. The fraction of sp³-hybridized carbons (Fsp3) is 0. The van der Waals surface area contributed by atoms with E-state index in [1.54, 1.807) is 0 Å². The summed E-state index contributed by atoms with van der Waals surface area (Å²) in [6.45, 7) is 0. The molecule has 0 heterocycles. The van der Waals surface area contributed by atoms with E-state index in [2.05, 4.69) is 0 Å². The summed E-state index contributed by atoms with van der Waals surface area (Å²) in [5, 5.41) is 0. The maximum atomic E-state index is 0. The molecule has 0 saturated carbocycles. The summed E-state index contributed by atoms with van der Waals surface area (Å²) < 4.78 is 0. The van der Waals surface area contributed by atoms with E-state index in [0.717, 1.165) is 0 Å². The van der Waals surface area contributed by atoms with Crippen LogP contribution >= 0.6 is 0 Å². The van der Waals surface area contributed by atoms with Gasteiger partial charge in [0.2, 0.25) is 0 Å². The van der Waals surface area contributed by atoms with E-state index in [9.17, 15) is 0 Å². The van der Waals surface area contributed by atoms with Crippen LogP contribution in [0.25, 0.3) is 0 Å². The van der Waals surface area contributed by atoms with Crippen LogP contribution in [0, 0.1) is 0 Å². The van der Waals surface area contributed by atoms with Crippen LogP contribution in [0.1, 0.15) is 0 Å². The van der Waals surface area contributed by atoms with Gasteiger partial charge in [-0.1, -0.05) is 0 Å². The molecule has 0 bridgehead atoms. The molecule has 0 fully saturated rings. The topological polar surface area (TPSA) is 567 Å². The zero-order valence-electron chi connectivity index (χ0n) is 16.7. The van der Waals surface area contributed by atoms with Crippen LogP contribution in [0.15, 0.2) is 0 Å². The van der Waals surface area contributed by atoms with Gasteiger partial charge in [0.1, 0.15) is 0 Å². The van der Waals surface area contributed by atoms with E-state index in [4.69, 9.17) is 0 Å². The smallest absolute Gasteiger partial charge is 0 e. The Labute approximate surface area is 288 Å². The van der Waals surface area contributed by atoms with Crippen molar-refractivity contribution >= 4 is 194 Å². The van der Waals surface area contributed by atoms with Crippen LogP contribution in [0.2, 0.25) is 0 Å². The predicted molar refractivity (Wildman–Crippen MR) is 148 cm³/mol. The second kappa shape index (κ2) is 1250. The van der Waals surface area contributed by atoms with Gasteiger partial charge in [-0.15, -0.1) is 0 Å². The molecule has 18 nitrogen and oxygen atoms in total. The fourth-order valence-electron chi connectivity index (χ4n) is 0. The summed E-state index contributed by atoms with van der Waals surface area (Å²) in [7, 11) is 0. The Bertz CT molecular complexity index is 27.8. The summed E-state index contributed by atoms with van der Waals surface area (Å²) in [5.41, 5.74) is 0. The van der Waals surface area contributed by atoms with Crippen LogP contribution < -0.4 is 0 Å². The SMILES string of the molecule is O.O.O.O.O.O.O.O.O.O.O.O.O.O.O.O.O.O.[GeH2].[GeH3].[GeH3].[GeH3].[GeH3].[Ge].[Ge].[Ge].[Ge].[Ge].[Ge]. The molecule has 0 rings (SSSR count). The molecule has 0 saturated heterocycles. The average molecular weight is 1140 g/mol. The Morgan fingerprint density at radius 2 is 0.138 bits per heavy atom. The van der Waals surface area contributed by atoms with Crippen molar-refractivity contribution in [1.82, 2.24) is 0 Å². The molecule has 0 aliphatic heterocycles. The second-order valence-corrected chi connectivity index (χ2v) is 0. The van der Waals surface area contributed by atoms with E-state index < -0.39 is 0 Å². The van der Waals surface area contributed by atoms with Gasteiger partial charge in [0.05, 0.1) is 0 Å². The molecule has 29 heteroatoms. The van der Waals surface area contributed by atoms with Gasteiger partial charge in [-0.25, -0.2) is 0 Å². The summed E-state index contributed by atoms with van der Waals surface area (Å²) in [6, 6.07) is 0. The van der Waals surface area contributed by atoms with Crippen molar-refractivity contribution in [3.63, 3.8) is 0 Å². The molecule has 0 spiro atoms. The average Bonchev–Trinajstić information content (AvgIpc) is 0. The van der Waals surface area contributed by atoms with Crippen molar-refractivity contribution in [2.75, 3.05) is 0 Å². The first kappa shape index (κ1) is 1370. The monoisotopic (exact) mass is 1150 g/mol. The largest absolute Gasteiger partial charge is 0 e. The van der Waals surface area contributed by atoms with Gasteiger partial charge in [0.15, 0.2) is 0 Å². The van der Waals surface area contributed by atoms with Gasteiger partial charge in [-0.2, -0.15) is 0 Å². The van der Waals surface area contributed by atoms with Crippen molar-refractivity contribution in [3.05, 3.63) is 0 Å². The van der Waals surface area contributed by atoms with Gasteiger partial charge in [-0.05, 0) is 0 Å². The van der Waals surface area contributed by atoms with E-state index in [1.807, 2.05) is 0 Å². The predicted octanol–water partition coefficient (Wildman–Crippen LogP) is -22.8. The van der Waals surface area contributed by atoms with E-state index in [1.165, 1.54) is 0 Å². The summed E-state index contributed by atoms with van der Waals surface area (Å²) in [6.07, 6.45) is 0. The first-order chi connectivity index (χ1) is 0. The molecular formula is H50Ge11O18. The van der Waals surface area contributed by atoms with Crippen LogP contribution in [-0.2, 0) is 0 Å². The third kappa shape index (κ3) is 1180. The molecule has 0 aromatic rings. The molecule has 0 unspecified atom stereocenters. The summed E-state index contributed by atoms with van der Waals surface area (Å²) >= 11 is 0. The van der Waals surface area contributed by atoms with Gasteiger partial charge in [0.25, 0.3) is 0 Å². The summed E-state index contributed by atoms with van der Waals surface area (Å²) in [4.78, 5) is 0. The molecule has 202 valence electrons. The molecule has 0 aromatic heterocycles. The van der Waals surface area contributed by atoms with Crippen LogP contribution in [-0.4, -0.2) is 292 Å². The minimum atomic E-state index is 0. The standard InChI is InChI=1S/4GeH3.GeH2.6Ge.18H2O/h4*1H3;1H2;;;;;;;18*1H2. The zero-order valence-corrected chi connectivity index (χ0v) is 49.0. The van der Waals surface area contributed by atoms with Gasteiger partial charge in [0, 0.05) is 106 Å². The van der Waals surface area contributed by atoms with Crippen molar-refractivity contribution in [3.8, 4) is 0 Å². The second-order valence-electron chi connectivity index (χ2n) is 0. The van der Waals surface area contributed by atoms with E-state index in [0.29, 0.717) is 0 Å². The van der Waals surface area contributed by atoms with Crippen LogP contribution in [0.3, 0.4) is 0 Å². The van der Waals surface area contributed by atoms with Crippen LogP contribution in [0.5, 0.6) is 0 Å². The molecule has 0 aliphatic rings. The molecular weight excluding hydrogens is 1090 g/mol. The third-order valence-electron chi connectivity index (χ3n) is 0. The quantitative estimate of drug-likeness (QED) is 0.204. The molecule has 0 aliphatic carbocycles. The summed E-state index contributed by atoms with van der Waals surface area (Å²) in [5.74, 6) is 0. The Kier molecular flexibility index (Phi) is 59400. The molecule has 29 heavy (non-hydrogen) atoms. The molecule has 0 atom stereocenters. The number of hydrogen-bond donors (Lipinski definition) is 0. The molecule has 0 amide bonds. The first-order valence-electron chi connectivity index (χ1n) is 0. The van der Waals surface area contributed by atoms with Crippen LogP contribution in [0.4, 0.5) is 0 Å². The molecule has 36 N–H and O–H groups in total. The third-order valence-corrected chi connectivity index (χ3v) is 0. The van der Waals surface area contributed by atoms with E-state index >= 15 is 0 Å². The molecule has 30 radical (unpaired) electrons. The first-order valence-corrected chi connectivity index (χ1v) is 0. The Balaban J connectivity index is 0. The van der Waals surface area contributed by atoms with Crippen molar-refractivity contribution < 1.29 is 98.6 Å². The van der Waals surface area contributed by atoms with Gasteiger partial charge < -0.3 is 98.6 Å². The van der Waals surface area contributed by atoms with Crippen molar-refractivity contribution in [2.45, 2.75) is 0 Å². The zero-order chi connectivity index (χ0) is 0. The fourth-order valence-corrected chi connectivity index (χ4v) is 0. The van der Waals surface area contributed by atoms with E-state index in [-0.39, 0.29) is 292 Å². The Hall–Kier alpha value is 5.25. The Morgan fingerprint density at radius 1 is 0.138 bits per heavy atom. The normalized spacial score (nSPS) is 0. The minimum Gasteiger partial charge on any atom is 0 e. The maximum Gasteiger partial charge on any atom is 0 e. The van der Waals surface area contributed by atoms with Crippen molar-refractivity contribution in [1.29, 1.82) is 0 Å². The molecule has 0 aromatic carbocycles. The van der Waals surface area contributed by atoms with Crippen molar-refractivity contribution in [2.24, 2.45) is 0 Å².